The maximum atomic E-state index is 9.41. The minimum atomic E-state index is -1.38. The molecule has 19 heavy (non-hydrogen) atoms. The molecule has 3 nitrogen and oxygen atoms in total. The van der Waals surface area contributed by atoms with Gasteiger partial charge in [0.25, 0.3) is 0 Å². The largest absolute Gasteiger partial charge is 0.488 e. The zero-order valence-corrected chi connectivity index (χ0v) is 12.0. The molecule has 1 heterocycles. The molecule has 0 spiro atoms. The van der Waals surface area contributed by atoms with Crippen molar-refractivity contribution in [1.29, 1.82) is 0 Å². The smallest absolute Gasteiger partial charge is 0.423 e. The highest BCUT2D eigenvalue weighted by atomic mass is 16.4. The number of hydrogen-bond donors (Lipinski definition) is 2. The van der Waals surface area contributed by atoms with E-state index in [9.17, 15) is 10.0 Å². The second-order valence-corrected chi connectivity index (χ2v) is 6.37. The molecular weight excluding hydrogens is 237 g/mol. The number of benzene rings is 1. The van der Waals surface area contributed by atoms with Crippen LogP contribution in [0.15, 0.2) is 24.3 Å². The van der Waals surface area contributed by atoms with Gasteiger partial charge in [0.1, 0.15) is 0 Å². The van der Waals surface area contributed by atoms with Crippen LogP contribution in [0, 0.1) is 5.41 Å². The Morgan fingerprint density at radius 3 is 2.63 bits per heavy atom. The Morgan fingerprint density at radius 1 is 1.16 bits per heavy atom. The molecule has 1 aromatic rings. The molecule has 1 aliphatic heterocycles. The van der Waals surface area contributed by atoms with E-state index in [2.05, 4.69) is 18.7 Å². The molecule has 1 saturated heterocycles. The molecule has 0 bridgehead atoms. The van der Waals surface area contributed by atoms with E-state index < -0.39 is 7.12 Å². The van der Waals surface area contributed by atoms with Gasteiger partial charge in [-0.1, -0.05) is 38.1 Å². The lowest BCUT2D eigenvalue weighted by molar-refractivity contribution is 0.256. The zero-order valence-electron chi connectivity index (χ0n) is 12.0. The number of nitrogens with zero attached hydrogens (tertiary/aromatic N) is 1. The Bertz CT molecular complexity index is 420. The Morgan fingerprint density at radius 2 is 1.89 bits per heavy atom. The highest BCUT2D eigenvalue weighted by molar-refractivity contribution is 6.59. The van der Waals surface area contributed by atoms with Gasteiger partial charge in [0, 0.05) is 6.54 Å². The first kappa shape index (κ1) is 14.6. The summed E-state index contributed by atoms with van der Waals surface area (Å²) in [6.07, 6.45) is 3.70. The van der Waals surface area contributed by atoms with E-state index >= 15 is 0 Å². The van der Waals surface area contributed by atoms with Crippen molar-refractivity contribution in [3.05, 3.63) is 29.8 Å². The highest BCUT2D eigenvalue weighted by Gasteiger charge is 2.24. The van der Waals surface area contributed by atoms with Crippen molar-refractivity contribution in [1.82, 2.24) is 4.90 Å². The molecule has 0 aromatic heterocycles. The summed E-state index contributed by atoms with van der Waals surface area (Å²) in [7, 11) is -1.38. The van der Waals surface area contributed by atoms with Gasteiger partial charge in [-0.2, -0.15) is 0 Å². The van der Waals surface area contributed by atoms with Crippen LogP contribution in [0.3, 0.4) is 0 Å². The number of likely N-dealkylation sites (tertiary alicyclic amines) is 1. The molecule has 2 rings (SSSR count). The van der Waals surface area contributed by atoms with Crippen LogP contribution in [0.4, 0.5) is 0 Å². The predicted octanol–water partition coefficient (Wildman–Crippen LogP) is 1.38. The topological polar surface area (TPSA) is 43.7 Å². The molecule has 0 unspecified atom stereocenters. The van der Waals surface area contributed by atoms with Crippen LogP contribution in [-0.2, 0) is 6.54 Å². The Labute approximate surface area is 116 Å². The van der Waals surface area contributed by atoms with E-state index in [1.54, 1.807) is 6.07 Å². The standard InChI is InChI=1S/C15H24BNO2/c1-15(2)8-5-10-17(11-9-15)12-13-6-3-4-7-14(13)16(18)19/h3-4,6-7,18-19H,5,8-12H2,1-2H3. The molecule has 1 aromatic carbocycles. The Hall–Kier alpha value is -0.835. The van der Waals surface area contributed by atoms with Crippen molar-refractivity contribution in [2.75, 3.05) is 13.1 Å². The van der Waals surface area contributed by atoms with Crippen molar-refractivity contribution in [2.24, 2.45) is 5.41 Å². The first-order valence-electron chi connectivity index (χ1n) is 7.14. The van der Waals surface area contributed by atoms with Gasteiger partial charge in [0.2, 0.25) is 0 Å². The van der Waals surface area contributed by atoms with E-state index in [-0.39, 0.29) is 0 Å². The third-order valence-corrected chi connectivity index (χ3v) is 4.16. The van der Waals surface area contributed by atoms with E-state index in [0.29, 0.717) is 10.9 Å². The Balaban J connectivity index is 2.05. The molecule has 0 atom stereocenters. The van der Waals surface area contributed by atoms with Crippen molar-refractivity contribution in [3.8, 4) is 0 Å². The van der Waals surface area contributed by atoms with Gasteiger partial charge in [0.05, 0.1) is 0 Å². The molecule has 0 saturated carbocycles. The average Bonchev–Trinajstić information content (AvgIpc) is 2.51. The van der Waals surface area contributed by atoms with Crippen LogP contribution in [0.5, 0.6) is 0 Å². The normalized spacial score (nSPS) is 20.0. The molecule has 0 aliphatic carbocycles. The summed E-state index contributed by atoms with van der Waals surface area (Å²) in [5.74, 6) is 0. The third kappa shape index (κ3) is 4.06. The fraction of sp³-hybridized carbons (Fsp3) is 0.600. The minimum Gasteiger partial charge on any atom is -0.423 e. The maximum Gasteiger partial charge on any atom is 0.488 e. The molecular formula is C15H24BNO2. The van der Waals surface area contributed by atoms with E-state index in [1.165, 1.54) is 19.3 Å². The second kappa shape index (κ2) is 6.08. The highest BCUT2D eigenvalue weighted by Crippen LogP contribution is 2.30. The summed E-state index contributed by atoms with van der Waals surface area (Å²) < 4.78 is 0. The second-order valence-electron chi connectivity index (χ2n) is 6.37. The van der Waals surface area contributed by atoms with Crippen molar-refractivity contribution >= 4 is 12.6 Å². The van der Waals surface area contributed by atoms with E-state index in [1.807, 2.05) is 18.2 Å². The van der Waals surface area contributed by atoms with Gasteiger partial charge >= 0.3 is 7.12 Å². The Kier molecular flexibility index (Phi) is 4.66. The fourth-order valence-electron chi connectivity index (χ4n) is 2.81. The molecule has 1 aliphatic rings. The van der Waals surface area contributed by atoms with Gasteiger partial charge in [-0.15, -0.1) is 0 Å². The lowest BCUT2D eigenvalue weighted by Gasteiger charge is -2.24. The van der Waals surface area contributed by atoms with Gasteiger partial charge in [0.15, 0.2) is 0 Å². The number of hydrogen-bond acceptors (Lipinski definition) is 3. The monoisotopic (exact) mass is 261 g/mol. The summed E-state index contributed by atoms with van der Waals surface area (Å²) in [5, 5.41) is 18.8. The first-order chi connectivity index (χ1) is 8.98. The van der Waals surface area contributed by atoms with Gasteiger partial charge < -0.3 is 10.0 Å². The lowest BCUT2D eigenvalue weighted by atomic mass is 9.77. The van der Waals surface area contributed by atoms with Gasteiger partial charge in [-0.05, 0) is 48.8 Å². The SMILES string of the molecule is CC1(C)CCCN(Cc2ccccc2B(O)O)CC1. The number of rotatable bonds is 3. The molecule has 4 heteroatoms. The molecule has 104 valence electrons. The fourth-order valence-corrected chi connectivity index (χ4v) is 2.81. The van der Waals surface area contributed by atoms with Crippen LogP contribution in [0.1, 0.15) is 38.7 Å². The molecule has 0 radical (unpaired) electrons. The van der Waals surface area contributed by atoms with Gasteiger partial charge in [-0.25, -0.2) is 0 Å². The van der Waals surface area contributed by atoms with Crippen LogP contribution < -0.4 is 5.46 Å². The van der Waals surface area contributed by atoms with Crippen molar-refractivity contribution in [2.45, 2.75) is 39.7 Å². The summed E-state index contributed by atoms with van der Waals surface area (Å²) in [6, 6.07) is 7.60. The zero-order chi connectivity index (χ0) is 13.9. The van der Waals surface area contributed by atoms with Crippen LogP contribution in [0.2, 0.25) is 0 Å². The van der Waals surface area contributed by atoms with E-state index in [0.717, 1.165) is 25.2 Å². The summed E-state index contributed by atoms with van der Waals surface area (Å²) in [6.45, 7) is 7.66. The molecule has 0 amide bonds. The van der Waals surface area contributed by atoms with Crippen LogP contribution >= 0.6 is 0 Å². The molecule has 1 fully saturated rings. The summed E-state index contributed by atoms with van der Waals surface area (Å²) >= 11 is 0. The average molecular weight is 261 g/mol. The first-order valence-corrected chi connectivity index (χ1v) is 7.14. The molecule has 2 N–H and O–H groups in total. The van der Waals surface area contributed by atoms with Gasteiger partial charge in [-0.3, -0.25) is 4.90 Å². The lowest BCUT2D eigenvalue weighted by Crippen LogP contribution is -2.36. The van der Waals surface area contributed by atoms with E-state index in [4.69, 9.17) is 0 Å². The van der Waals surface area contributed by atoms with Crippen LogP contribution in [-0.4, -0.2) is 35.2 Å². The predicted molar refractivity (Wildman–Crippen MR) is 79.2 cm³/mol. The summed E-state index contributed by atoms with van der Waals surface area (Å²) in [4.78, 5) is 2.43. The van der Waals surface area contributed by atoms with Crippen molar-refractivity contribution < 1.29 is 10.0 Å². The summed E-state index contributed by atoms with van der Waals surface area (Å²) in [5.41, 5.74) is 2.09. The van der Waals surface area contributed by atoms with Crippen LogP contribution in [0.25, 0.3) is 0 Å². The minimum absolute atomic E-state index is 0.435. The van der Waals surface area contributed by atoms with Crippen molar-refractivity contribution in [3.63, 3.8) is 0 Å². The maximum absolute atomic E-state index is 9.41. The quantitative estimate of drug-likeness (QED) is 0.808. The third-order valence-electron chi connectivity index (χ3n) is 4.16.